The fourth-order valence-corrected chi connectivity index (χ4v) is 3.39. The molecule has 0 unspecified atom stereocenters. The van der Waals surface area contributed by atoms with Crippen LogP contribution >= 0.6 is 0 Å². The fourth-order valence-electron chi connectivity index (χ4n) is 3.39. The zero-order valence-corrected chi connectivity index (χ0v) is 18.5. The molecule has 1 amide bonds. The average Bonchev–Trinajstić information content (AvgIpc) is 3.00. The van der Waals surface area contributed by atoms with E-state index in [0.717, 1.165) is 22.6 Å². The standard InChI is InChI=1S/C25H29N3O2/c1-17-15-20(16-26-27-24(29)19-7-13-23(30-6)14-8-19)18(2)28(17)22-11-9-21(10-12-22)25(3,4)5/h7-16H,1-6H3,(H,27,29)/b26-16-. The zero-order chi connectivity index (χ0) is 21.9. The van der Waals surface area contributed by atoms with Gasteiger partial charge in [-0.15, -0.1) is 0 Å². The number of carbonyl (C=O) groups is 1. The molecule has 5 heteroatoms. The highest BCUT2D eigenvalue weighted by Gasteiger charge is 2.14. The minimum atomic E-state index is -0.263. The van der Waals surface area contributed by atoms with Crippen LogP contribution in [0.15, 0.2) is 59.7 Å². The lowest BCUT2D eigenvalue weighted by Crippen LogP contribution is -2.17. The highest BCUT2D eigenvalue weighted by molar-refractivity contribution is 5.95. The Kier molecular flexibility index (Phi) is 6.11. The molecule has 5 nitrogen and oxygen atoms in total. The fraction of sp³-hybridized carbons (Fsp3) is 0.280. The van der Waals surface area contributed by atoms with E-state index in [2.05, 4.69) is 80.0 Å². The van der Waals surface area contributed by atoms with Crippen molar-refractivity contribution in [2.75, 3.05) is 7.11 Å². The zero-order valence-electron chi connectivity index (χ0n) is 18.5. The lowest BCUT2D eigenvalue weighted by molar-refractivity contribution is 0.0955. The van der Waals surface area contributed by atoms with E-state index in [0.29, 0.717) is 11.3 Å². The van der Waals surface area contributed by atoms with Crippen molar-refractivity contribution in [2.45, 2.75) is 40.0 Å². The van der Waals surface area contributed by atoms with Crippen molar-refractivity contribution < 1.29 is 9.53 Å². The van der Waals surface area contributed by atoms with E-state index < -0.39 is 0 Å². The molecule has 0 aliphatic rings. The SMILES string of the molecule is COc1ccc(C(=O)N/N=C\c2cc(C)n(-c3ccc(C(C)(C)C)cc3)c2C)cc1. The number of aryl methyl sites for hydroxylation is 1. The number of hydrogen-bond donors (Lipinski definition) is 1. The van der Waals surface area contributed by atoms with Crippen LogP contribution in [0.3, 0.4) is 0 Å². The highest BCUT2D eigenvalue weighted by Crippen LogP contribution is 2.25. The van der Waals surface area contributed by atoms with Gasteiger partial charge in [0.05, 0.1) is 13.3 Å². The number of ether oxygens (including phenoxy) is 1. The van der Waals surface area contributed by atoms with Crippen LogP contribution in [-0.2, 0) is 5.41 Å². The van der Waals surface area contributed by atoms with E-state index in [1.54, 1.807) is 37.6 Å². The van der Waals surface area contributed by atoms with Crippen molar-refractivity contribution in [2.24, 2.45) is 5.10 Å². The van der Waals surface area contributed by atoms with Crippen LogP contribution in [0.4, 0.5) is 0 Å². The molecular weight excluding hydrogens is 374 g/mol. The number of aromatic nitrogens is 1. The van der Waals surface area contributed by atoms with E-state index in [1.165, 1.54) is 5.56 Å². The maximum absolute atomic E-state index is 12.3. The van der Waals surface area contributed by atoms with E-state index in [9.17, 15) is 4.79 Å². The molecule has 0 saturated heterocycles. The van der Waals surface area contributed by atoms with Gasteiger partial charge in [0.15, 0.2) is 0 Å². The van der Waals surface area contributed by atoms with Gasteiger partial charge in [0, 0.05) is 28.2 Å². The molecule has 2 aromatic carbocycles. The largest absolute Gasteiger partial charge is 0.497 e. The maximum Gasteiger partial charge on any atom is 0.271 e. The topological polar surface area (TPSA) is 55.6 Å². The summed E-state index contributed by atoms with van der Waals surface area (Å²) in [6.07, 6.45) is 1.68. The summed E-state index contributed by atoms with van der Waals surface area (Å²) in [5.74, 6) is 0.443. The van der Waals surface area contributed by atoms with Crippen molar-refractivity contribution in [1.82, 2.24) is 9.99 Å². The average molecular weight is 404 g/mol. The first-order valence-electron chi connectivity index (χ1n) is 9.98. The van der Waals surface area contributed by atoms with Crippen molar-refractivity contribution in [3.63, 3.8) is 0 Å². The first kappa shape index (κ1) is 21.4. The van der Waals surface area contributed by atoms with E-state index in [-0.39, 0.29) is 11.3 Å². The summed E-state index contributed by atoms with van der Waals surface area (Å²) >= 11 is 0. The van der Waals surface area contributed by atoms with E-state index in [1.807, 2.05) is 0 Å². The first-order valence-corrected chi connectivity index (χ1v) is 9.98. The molecule has 156 valence electrons. The van der Waals surface area contributed by atoms with Crippen LogP contribution in [0.1, 0.15) is 53.6 Å². The van der Waals surface area contributed by atoms with Gasteiger partial charge >= 0.3 is 0 Å². The molecule has 3 aromatic rings. The molecule has 1 N–H and O–H groups in total. The van der Waals surface area contributed by atoms with Gasteiger partial charge in [-0.25, -0.2) is 5.43 Å². The predicted molar refractivity (Wildman–Crippen MR) is 122 cm³/mol. The molecule has 1 aromatic heterocycles. The third kappa shape index (κ3) is 4.62. The van der Waals surface area contributed by atoms with Gasteiger partial charge in [-0.3, -0.25) is 4.79 Å². The second-order valence-electron chi connectivity index (χ2n) is 8.39. The number of carbonyl (C=O) groups excluding carboxylic acids is 1. The number of amides is 1. The Balaban J connectivity index is 1.75. The molecule has 0 aliphatic heterocycles. The van der Waals surface area contributed by atoms with Gasteiger partial charge in [0.25, 0.3) is 5.91 Å². The van der Waals surface area contributed by atoms with Crippen LogP contribution in [0.25, 0.3) is 5.69 Å². The minimum Gasteiger partial charge on any atom is -0.497 e. The summed E-state index contributed by atoms with van der Waals surface area (Å²) in [6.45, 7) is 10.8. The Morgan fingerprint density at radius 1 is 1.03 bits per heavy atom. The number of nitrogens with zero attached hydrogens (tertiary/aromatic N) is 2. The van der Waals surface area contributed by atoms with Crippen LogP contribution in [-0.4, -0.2) is 23.8 Å². The monoisotopic (exact) mass is 403 g/mol. The molecule has 0 fully saturated rings. The molecule has 0 spiro atoms. The predicted octanol–water partition coefficient (Wildman–Crippen LogP) is 5.16. The van der Waals surface area contributed by atoms with Crippen LogP contribution in [0, 0.1) is 13.8 Å². The number of hydrazone groups is 1. The third-order valence-corrected chi connectivity index (χ3v) is 5.18. The third-order valence-electron chi connectivity index (χ3n) is 5.18. The van der Waals surface area contributed by atoms with Crippen molar-refractivity contribution in [1.29, 1.82) is 0 Å². The Bertz CT molecular complexity index is 1050. The van der Waals surface area contributed by atoms with Crippen LogP contribution < -0.4 is 10.2 Å². The molecule has 3 rings (SSSR count). The normalized spacial score (nSPS) is 11.7. The molecule has 0 saturated carbocycles. The van der Waals surface area contributed by atoms with Crippen LogP contribution in [0.5, 0.6) is 5.75 Å². The highest BCUT2D eigenvalue weighted by atomic mass is 16.5. The number of benzene rings is 2. The summed E-state index contributed by atoms with van der Waals surface area (Å²) in [7, 11) is 1.59. The number of nitrogens with one attached hydrogen (secondary N) is 1. The first-order chi connectivity index (χ1) is 14.2. The van der Waals surface area contributed by atoms with Crippen molar-refractivity contribution in [3.8, 4) is 11.4 Å². The molecule has 0 bridgehead atoms. The molecule has 0 atom stereocenters. The summed E-state index contributed by atoms with van der Waals surface area (Å²) < 4.78 is 7.30. The second kappa shape index (κ2) is 8.57. The summed E-state index contributed by atoms with van der Waals surface area (Å²) in [5, 5.41) is 4.15. The maximum atomic E-state index is 12.3. The lowest BCUT2D eigenvalue weighted by Gasteiger charge is -2.20. The Morgan fingerprint density at radius 3 is 2.23 bits per heavy atom. The molecule has 0 aliphatic carbocycles. The number of hydrogen-bond acceptors (Lipinski definition) is 3. The Labute approximate surface area is 178 Å². The van der Waals surface area contributed by atoms with Crippen molar-refractivity contribution >= 4 is 12.1 Å². The second-order valence-corrected chi connectivity index (χ2v) is 8.39. The summed E-state index contributed by atoms with van der Waals surface area (Å²) in [5.41, 5.74) is 8.79. The smallest absolute Gasteiger partial charge is 0.271 e. The van der Waals surface area contributed by atoms with E-state index in [4.69, 9.17) is 4.74 Å². The molecular formula is C25H29N3O2. The lowest BCUT2D eigenvalue weighted by atomic mass is 9.87. The van der Waals surface area contributed by atoms with Gasteiger partial charge in [-0.05, 0) is 67.3 Å². The number of methoxy groups -OCH3 is 1. The van der Waals surface area contributed by atoms with E-state index >= 15 is 0 Å². The molecule has 30 heavy (non-hydrogen) atoms. The van der Waals surface area contributed by atoms with Gasteiger partial charge in [-0.2, -0.15) is 5.10 Å². The van der Waals surface area contributed by atoms with Gasteiger partial charge in [0.2, 0.25) is 0 Å². The quantitative estimate of drug-likeness (QED) is 0.472. The summed E-state index contributed by atoms with van der Waals surface area (Å²) in [6, 6.07) is 17.6. The van der Waals surface area contributed by atoms with Gasteiger partial charge < -0.3 is 9.30 Å². The minimum absolute atomic E-state index is 0.124. The number of rotatable bonds is 5. The van der Waals surface area contributed by atoms with Gasteiger partial charge in [0.1, 0.15) is 5.75 Å². The molecule has 0 radical (unpaired) electrons. The Morgan fingerprint density at radius 2 is 1.67 bits per heavy atom. The van der Waals surface area contributed by atoms with Crippen molar-refractivity contribution in [3.05, 3.63) is 82.7 Å². The molecule has 1 heterocycles. The van der Waals surface area contributed by atoms with Gasteiger partial charge in [-0.1, -0.05) is 32.9 Å². The summed E-state index contributed by atoms with van der Waals surface area (Å²) in [4.78, 5) is 12.3. The van der Waals surface area contributed by atoms with Crippen LogP contribution in [0.2, 0.25) is 0 Å². The Hall–Kier alpha value is -3.34.